The van der Waals surface area contributed by atoms with Crippen LogP contribution in [-0.4, -0.2) is 31.5 Å². The predicted octanol–water partition coefficient (Wildman–Crippen LogP) is 4.85. The molecule has 0 saturated carbocycles. The smallest absolute Gasteiger partial charge is 0.399 e. The summed E-state index contributed by atoms with van der Waals surface area (Å²) in [5.74, 6) is 0. The van der Waals surface area contributed by atoms with E-state index in [9.17, 15) is 0 Å². The SMILES string of the molecule is CC1(C)COC(c2ccc(-c3ccc(B4OC(C)(C)C(C)(C)O4)s3)s2)OC1. The number of thiophene rings is 2. The van der Waals surface area contributed by atoms with Crippen LogP contribution in [0.5, 0.6) is 0 Å². The summed E-state index contributed by atoms with van der Waals surface area (Å²) in [6.45, 7) is 14.1. The molecule has 0 aliphatic carbocycles. The molecule has 2 aliphatic heterocycles. The van der Waals surface area contributed by atoms with E-state index in [1.54, 1.807) is 22.7 Å². The van der Waals surface area contributed by atoms with Crippen LogP contribution in [0.1, 0.15) is 52.7 Å². The molecule has 0 unspecified atom stereocenters. The van der Waals surface area contributed by atoms with E-state index < -0.39 is 0 Å². The highest BCUT2D eigenvalue weighted by molar-refractivity contribution is 7.28. The fourth-order valence-electron chi connectivity index (χ4n) is 3.04. The van der Waals surface area contributed by atoms with Crippen LogP contribution in [0.4, 0.5) is 0 Å². The van der Waals surface area contributed by atoms with Gasteiger partial charge in [0.1, 0.15) is 0 Å². The summed E-state index contributed by atoms with van der Waals surface area (Å²) < 4.78 is 25.3. The molecule has 2 saturated heterocycles. The van der Waals surface area contributed by atoms with Crippen LogP contribution in [0.3, 0.4) is 0 Å². The lowest BCUT2D eigenvalue weighted by molar-refractivity contribution is -0.224. The quantitative estimate of drug-likeness (QED) is 0.683. The molecular weight excluding hydrogens is 379 g/mol. The Bertz CT molecular complexity index is 798. The maximum absolute atomic E-state index is 6.17. The van der Waals surface area contributed by atoms with Crippen molar-refractivity contribution in [3.8, 4) is 9.75 Å². The van der Waals surface area contributed by atoms with E-state index in [-0.39, 0.29) is 30.0 Å². The Morgan fingerprint density at radius 3 is 2.00 bits per heavy atom. The van der Waals surface area contributed by atoms with Gasteiger partial charge in [-0.2, -0.15) is 0 Å². The third kappa shape index (κ3) is 3.78. The third-order valence-corrected chi connectivity index (χ3v) is 7.87. The molecule has 4 rings (SSSR count). The van der Waals surface area contributed by atoms with E-state index >= 15 is 0 Å². The van der Waals surface area contributed by atoms with Crippen LogP contribution in [-0.2, 0) is 18.8 Å². The Kier molecular flexibility index (Phi) is 4.85. The summed E-state index contributed by atoms with van der Waals surface area (Å²) in [5, 5.41) is 0. The molecule has 0 amide bonds. The highest BCUT2D eigenvalue weighted by Gasteiger charge is 2.52. The van der Waals surface area contributed by atoms with Crippen molar-refractivity contribution in [2.45, 2.75) is 59.0 Å². The van der Waals surface area contributed by atoms with Crippen molar-refractivity contribution in [3.63, 3.8) is 0 Å². The van der Waals surface area contributed by atoms with Gasteiger partial charge in [0.25, 0.3) is 0 Å². The average Bonchev–Trinajstić information content (AvgIpc) is 3.26. The van der Waals surface area contributed by atoms with E-state index in [0.717, 1.165) is 22.9 Å². The maximum Gasteiger partial charge on any atom is 0.505 e. The van der Waals surface area contributed by atoms with Gasteiger partial charge in [-0.3, -0.25) is 0 Å². The second-order valence-corrected chi connectivity index (χ2v) is 11.3. The zero-order valence-corrected chi connectivity index (χ0v) is 18.5. The van der Waals surface area contributed by atoms with E-state index in [1.165, 1.54) is 9.75 Å². The van der Waals surface area contributed by atoms with Gasteiger partial charge in [0.05, 0.1) is 29.3 Å². The first kappa shape index (κ1) is 19.6. The van der Waals surface area contributed by atoms with Crippen molar-refractivity contribution in [2.24, 2.45) is 5.41 Å². The van der Waals surface area contributed by atoms with Crippen LogP contribution in [0, 0.1) is 5.41 Å². The molecule has 0 aromatic carbocycles. The second-order valence-electron chi connectivity index (χ2n) is 9.11. The molecule has 2 aromatic rings. The van der Waals surface area contributed by atoms with Crippen LogP contribution in [0.2, 0.25) is 0 Å². The van der Waals surface area contributed by atoms with E-state index in [2.05, 4.69) is 65.8 Å². The third-order valence-electron chi connectivity index (χ3n) is 5.47. The first-order valence-electron chi connectivity index (χ1n) is 9.35. The summed E-state index contributed by atoms with van der Waals surface area (Å²) in [5.41, 5.74) is -0.551. The lowest BCUT2D eigenvalue weighted by Crippen LogP contribution is -2.41. The molecule has 2 aliphatic rings. The molecule has 146 valence electrons. The fraction of sp³-hybridized carbons (Fsp3) is 0.600. The van der Waals surface area contributed by atoms with Gasteiger partial charge in [0, 0.05) is 19.9 Å². The molecule has 2 fully saturated rings. The minimum absolute atomic E-state index is 0.0854. The van der Waals surface area contributed by atoms with Gasteiger partial charge < -0.3 is 18.8 Å². The lowest BCUT2D eigenvalue weighted by atomic mass is 9.88. The standard InChI is InChI=1S/C20H27BO4S2/c1-18(2)11-22-17(23-12-18)15-8-7-13(26-15)14-9-10-16(27-14)21-24-19(3,4)20(5,6)25-21/h7-10,17H,11-12H2,1-6H3. The molecule has 0 bridgehead atoms. The van der Waals surface area contributed by atoms with Crippen LogP contribution < -0.4 is 4.78 Å². The molecule has 7 heteroatoms. The van der Waals surface area contributed by atoms with Gasteiger partial charge >= 0.3 is 7.12 Å². The van der Waals surface area contributed by atoms with Gasteiger partial charge in [0.2, 0.25) is 0 Å². The van der Waals surface area contributed by atoms with Crippen molar-refractivity contribution in [1.82, 2.24) is 0 Å². The van der Waals surface area contributed by atoms with Gasteiger partial charge in [-0.15, -0.1) is 22.7 Å². The Hall–Kier alpha value is -0.695. The van der Waals surface area contributed by atoms with E-state index in [0.29, 0.717) is 0 Å². The molecule has 0 radical (unpaired) electrons. The molecule has 27 heavy (non-hydrogen) atoms. The lowest BCUT2D eigenvalue weighted by Gasteiger charge is -2.34. The van der Waals surface area contributed by atoms with Crippen molar-refractivity contribution >= 4 is 34.6 Å². The Morgan fingerprint density at radius 1 is 0.815 bits per heavy atom. The first-order chi connectivity index (χ1) is 12.6. The highest BCUT2D eigenvalue weighted by Crippen LogP contribution is 2.40. The highest BCUT2D eigenvalue weighted by atomic mass is 32.1. The molecule has 0 spiro atoms. The number of rotatable bonds is 3. The van der Waals surface area contributed by atoms with Crippen molar-refractivity contribution in [3.05, 3.63) is 29.1 Å². The van der Waals surface area contributed by atoms with Crippen molar-refractivity contribution in [1.29, 1.82) is 0 Å². The Balaban J connectivity index is 1.48. The summed E-state index contributed by atoms with van der Waals surface area (Å²) in [7, 11) is -0.305. The number of hydrogen-bond acceptors (Lipinski definition) is 6. The zero-order valence-electron chi connectivity index (χ0n) is 16.8. The minimum Gasteiger partial charge on any atom is -0.399 e. The minimum atomic E-state index is -0.318. The van der Waals surface area contributed by atoms with E-state index in [4.69, 9.17) is 18.8 Å². The van der Waals surface area contributed by atoms with Crippen molar-refractivity contribution in [2.75, 3.05) is 13.2 Å². The monoisotopic (exact) mass is 406 g/mol. The Morgan fingerprint density at radius 2 is 1.37 bits per heavy atom. The van der Waals surface area contributed by atoms with Gasteiger partial charge in [-0.25, -0.2) is 0 Å². The molecule has 2 aromatic heterocycles. The number of hydrogen-bond donors (Lipinski definition) is 0. The van der Waals surface area contributed by atoms with Crippen LogP contribution >= 0.6 is 22.7 Å². The summed E-state index contributed by atoms with van der Waals surface area (Å²) >= 11 is 3.45. The van der Waals surface area contributed by atoms with Crippen LogP contribution in [0.15, 0.2) is 24.3 Å². The average molecular weight is 406 g/mol. The first-order valence-corrected chi connectivity index (χ1v) is 11.0. The van der Waals surface area contributed by atoms with Gasteiger partial charge in [-0.1, -0.05) is 19.9 Å². The summed E-state index contributed by atoms with van der Waals surface area (Å²) in [6, 6.07) is 8.51. The van der Waals surface area contributed by atoms with E-state index in [1.807, 2.05) is 0 Å². The van der Waals surface area contributed by atoms with Gasteiger partial charge in [0.15, 0.2) is 6.29 Å². The second kappa shape index (κ2) is 6.68. The molecule has 0 atom stereocenters. The fourth-order valence-corrected chi connectivity index (χ4v) is 5.10. The summed E-state index contributed by atoms with van der Waals surface area (Å²) in [4.78, 5) is 3.55. The summed E-state index contributed by atoms with van der Waals surface area (Å²) in [6.07, 6.45) is -0.251. The zero-order chi connectivity index (χ0) is 19.4. The predicted molar refractivity (Wildman–Crippen MR) is 112 cm³/mol. The topological polar surface area (TPSA) is 36.9 Å². The number of ether oxygens (including phenoxy) is 2. The molecular formula is C20H27BO4S2. The molecule has 0 N–H and O–H groups in total. The van der Waals surface area contributed by atoms with Crippen molar-refractivity contribution < 1.29 is 18.8 Å². The molecule has 4 nitrogen and oxygen atoms in total. The largest absolute Gasteiger partial charge is 0.505 e. The maximum atomic E-state index is 6.17. The normalized spacial score (nSPS) is 24.4. The van der Waals surface area contributed by atoms with Gasteiger partial charge in [-0.05, 0) is 45.9 Å². The van der Waals surface area contributed by atoms with Crippen LogP contribution in [0.25, 0.3) is 9.75 Å². The molecule has 4 heterocycles. The Labute approximate surface area is 169 Å².